The van der Waals surface area contributed by atoms with Crippen LogP contribution in [0, 0.1) is 3.57 Å². The first-order valence-electron chi connectivity index (χ1n) is 6.52. The molecule has 0 spiro atoms. The summed E-state index contributed by atoms with van der Waals surface area (Å²) in [6.07, 6.45) is 1.25. The molecule has 1 N–H and O–H groups in total. The molecule has 0 heterocycles. The minimum Gasteiger partial charge on any atom is -0.464 e. The molecule has 0 unspecified atom stereocenters. The molecule has 0 saturated heterocycles. The number of halogens is 1. The zero-order chi connectivity index (χ0) is 15.9. The van der Waals surface area contributed by atoms with Crippen molar-refractivity contribution in [3.8, 4) is 0 Å². The van der Waals surface area contributed by atoms with Crippen LogP contribution in [0.2, 0.25) is 0 Å². The first kappa shape index (κ1) is 16.2. The Labute approximate surface area is 142 Å². The second-order valence-corrected chi connectivity index (χ2v) is 5.66. The summed E-state index contributed by atoms with van der Waals surface area (Å²) in [7, 11) is 1.28. The molecule has 0 amide bonds. The number of ether oxygens (including phenoxy) is 1. The number of rotatable bonds is 5. The fourth-order valence-corrected chi connectivity index (χ4v) is 2.12. The third-order valence-corrected chi connectivity index (χ3v) is 3.58. The zero-order valence-electron chi connectivity index (χ0n) is 11.9. The lowest BCUT2D eigenvalue weighted by molar-refractivity contribution is -0.135. The van der Waals surface area contributed by atoms with Crippen LogP contribution in [0.4, 0.5) is 5.69 Å². The highest BCUT2D eigenvalue weighted by molar-refractivity contribution is 14.1. The number of methoxy groups -OCH3 is 1. The van der Waals surface area contributed by atoms with Gasteiger partial charge in [-0.2, -0.15) is 0 Å². The fourth-order valence-electron chi connectivity index (χ4n) is 1.76. The van der Waals surface area contributed by atoms with Gasteiger partial charge < -0.3 is 10.1 Å². The van der Waals surface area contributed by atoms with Gasteiger partial charge in [0, 0.05) is 20.9 Å². The molecule has 0 fully saturated rings. The van der Waals surface area contributed by atoms with Crippen molar-refractivity contribution < 1.29 is 14.3 Å². The Morgan fingerprint density at radius 3 is 2.27 bits per heavy atom. The van der Waals surface area contributed by atoms with Crippen molar-refractivity contribution >= 4 is 40.0 Å². The van der Waals surface area contributed by atoms with Gasteiger partial charge in [0.1, 0.15) is 5.70 Å². The van der Waals surface area contributed by atoms with Gasteiger partial charge in [0.25, 0.3) is 0 Å². The Balaban J connectivity index is 2.26. The lowest BCUT2D eigenvalue weighted by Gasteiger charge is -2.09. The van der Waals surface area contributed by atoms with Gasteiger partial charge in [-0.1, -0.05) is 30.3 Å². The molecule has 0 aromatic heterocycles. The van der Waals surface area contributed by atoms with Gasteiger partial charge in [-0.15, -0.1) is 0 Å². The minimum absolute atomic E-state index is 0.0950. The van der Waals surface area contributed by atoms with Crippen molar-refractivity contribution in [2.75, 3.05) is 12.4 Å². The number of nitrogens with one attached hydrogen (secondary N) is 1. The molecule has 5 heteroatoms. The van der Waals surface area contributed by atoms with Crippen LogP contribution in [-0.4, -0.2) is 18.9 Å². The third kappa shape index (κ3) is 4.42. The molecule has 0 atom stereocenters. The standard InChI is InChI=1S/C17H14INO3/c1-22-17(21)15(19-14-9-7-13(18)8-10-14)11-16(20)12-5-3-2-4-6-12/h2-11,19H,1H3. The van der Waals surface area contributed by atoms with Crippen LogP contribution < -0.4 is 5.32 Å². The predicted molar refractivity (Wildman–Crippen MR) is 93.7 cm³/mol. The third-order valence-electron chi connectivity index (χ3n) is 2.86. The van der Waals surface area contributed by atoms with Crippen LogP contribution in [0.15, 0.2) is 66.4 Å². The van der Waals surface area contributed by atoms with Crippen LogP contribution in [0.1, 0.15) is 10.4 Å². The van der Waals surface area contributed by atoms with Gasteiger partial charge in [-0.3, -0.25) is 4.79 Å². The van der Waals surface area contributed by atoms with E-state index in [9.17, 15) is 9.59 Å². The van der Waals surface area contributed by atoms with Crippen LogP contribution >= 0.6 is 22.6 Å². The topological polar surface area (TPSA) is 55.4 Å². The first-order valence-corrected chi connectivity index (χ1v) is 7.60. The van der Waals surface area contributed by atoms with E-state index in [-0.39, 0.29) is 11.5 Å². The molecule has 112 valence electrons. The Kier molecular flexibility index (Phi) is 5.71. The summed E-state index contributed by atoms with van der Waals surface area (Å²) in [5, 5.41) is 2.92. The van der Waals surface area contributed by atoms with E-state index in [0.717, 1.165) is 3.57 Å². The van der Waals surface area contributed by atoms with Crippen molar-refractivity contribution in [1.82, 2.24) is 0 Å². The Morgan fingerprint density at radius 2 is 1.68 bits per heavy atom. The van der Waals surface area contributed by atoms with Crippen LogP contribution in [0.25, 0.3) is 0 Å². The maximum Gasteiger partial charge on any atom is 0.354 e. The number of benzene rings is 2. The highest BCUT2D eigenvalue weighted by Crippen LogP contribution is 2.14. The molecule has 0 radical (unpaired) electrons. The summed E-state index contributed by atoms with van der Waals surface area (Å²) in [4.78, 5) is 24.0. The number of anilines is 1. The highest BCUT2D eigenvalue weighted by atomic mass is 127. The summed E-state index contributed by atoms with van der Waals surface area (Å²) < 4.78 is 5.80. The highest BCUT2D eigenvalue weighted by Gasteiger charge is 2.13. The summed E-state index contributed by atoms with van der Waals surface area (Å²) in [5.41, 5.74) is 1.31. The van der Waals surface area contributed by atoms with Crippen LogP contribution in [0.5, 0.6) is 0 Å². The second-order valence-electron chi connectivity index (χ2n) is 4.41. The molecule has 22 heavy (non-hydrogen) atoms. The van der Waals surface area contributed by atoms with Gasteiger partial charge >= 0.3 is 5.97 Å². The molecular formula is C17H14INO3. The van der Waals surface area contributed by atoms with Crippen molar-refractivity contribution in [2.45, 2.75) is 0 Å². The van der Waals surface area contributed by atoms with Crippen molar-refractivity contribution in [3.05, 3.63) is 75.5 Å². The molecule has 2 aromatic carbocycles. The molecular weight excluding hydrogens is 393 g/mol. The van der Waals surface area contributed by atoms with E-state index in [1.165, 1.54) is 13.2 Å². The van der Waals surface area contributed by atoms with E-state index in [1.54, 1.807) is 24.3 Å². The molecule has 0 bridgehead atoms. The SMILES string of the molecule is COC(=O)C(=CC(=O)c1ccccc1)Nc1ccc(I)cc1. The van der Waals surface area contributed by atoms with Gasteiger partial charge in [0.2, 0.25) is 0 Å². The van der Waals surface area contributed by atoms with E-state index in [4.69, 9.17) is 4.74 Å². The minimum atomic E-state index is -0.595. The number of allylic oxidation sites excluding steroid dienone is 1. The number of carbonyl (C=O) groups excluding carboxylic acids is 2. The molecule has 4 nitrogen and oxygen atoms in total. The number of ketones is 1. The molecule has 0 aliphatic carbocycles. The molecule has 0 aliphatic heterocycles. The summed E-state index contributed by atoms with van der Waals surface area (Å²) in [6.45, 7) is 0. The fraction of sp³-hybridized carbons (Fsp3) is 0.0588. The molecule has 2 aromatic rings. The zero-order valence-corrected chi connectivity index (χ0v) is 14.0. The Bertz CT molecular complexity index is 694. The summed E-state index contributed by atoms with van der Waals surface area (Å²) >= 11 is 2.19. The number of carbonyl (C=O) groups is 2. The maximum atomic E-state index is 12.2. The van der Waals surface area contributed by atoms with Gasteiger partial charge in [-0.05, 0) is 46.9 Å². The van der Waals surface area contributed by atoms with Crippen LogP contribution in [-0.2, 0) is 9.53 Å². The summed E-state index contributed by atoms with van der Waals surface area (Å²) in [5.74, 6) is -0.859. The van der Waals surface area contributed by atoms with E-state index >= 15 is 0 Å². The molecule has 0 saturated carbocycles. The largest absolute Gasteiger partial charge is 0.464 e. The second kappa shape index (κ2) is 7.74. The van der Waals surface area contributed by atoms with Gasteiger partial charge in [0.15, 0.2) is 5.78 Å². The smallest absolute Gasteiger partial charge is 0.354 e. The predicted octanol–water partition coefficient (Wildman–Crippen LogP) is 3.64. The Morgan fingerprint density at radius 1 is 1.05 bits per heavy atom. The quantitative estimate of drug-likeness (QED) is 0.356. The van der Waals surface area contributed by atoms with Gasteiger partial charge in [-0.25, -0.2) is 4.79 Å². The lowest BCUT2D eigenvalue weighted by atomic mass is 10.1. The monoisotopic (exact) mass is 407 g/mol. The average Bonchev–Trinajstić information content (AvgIpc) is 2.56. The first-order chi connectivity index (χ1) is 10.6. The normalized spacial score (nSPS) is 10.9. The summed E-state index contributed by atoms with van der Waals surface area (Å²) in [6, 6.07) is 16.2. The maximum absolute atomic E-state index is 12.2. The molecule has 2 rings (SSSR count). The lowest BCUT2D eigenvalue weighted by Crippen LogP contribution is -2.15. The Hall–Kier alpha value is -2.15. The number of hydrogen-bond acceptors (Lipinski definition) is 4. The number of hydrogen-bond donors (Lipinski definition) is 1. The van der Waals surface area contributed by atoms with Crippen molar-refractivity contribution in [3.63, 3.8) is 0 Å². The van der Waals surface area contributed by atoms with E-state index in [1.807, 2.05) is 30.3 Å². The van der Waals surface area contributed by atoms with E-state index in [0.29, 0.717) is 11.3 Å². The van der Waals surface area contributed by atoms with E-state index in [2.05, 4.69) is 27.9 Å². The van der Waals surface area contributed by atoms with Gasteiger partial charge in [0.05, 0.1) is 7.11 Å². The van der Waals surface area contributed by atoms with Crippen LogP contribution in [0.3, 0.4) is 0 Å². The van der Waals surface area contributed by atoms with Crippen molar-refractivity contribution in [2.24, 2.45) is 0 Å². The average molecular weight is 407 g/mol. The molecule has 0 aliphatic rings. The van der Waals surface area contributed by atoms with E-state index < -0.39 is 5.97 Å². The number of esters is 1. The van der Waals surface area contributed by atoms with Crippen molar-refractivity contribution in [1.29, 1.82) is 0 Å².